The van der Waals surface area contributed by atoms with Crippen LogP contribution in [0, 0.1) is 0 Å². The molecule has 0 saturated carbocycles. The zero-order valence-electron chi connectivity index (χ0n) is 21.6. The van der Waals surface area contributed by atoms with E-state index in [1.807, 2.05) is 30.3 Å². The first-order valence-corrected chi connectivity index (χ1v) is 13.6. The minimum atomic E-state index is -0.291. The Bertz CT molecular complexity index is 1270. The Hall–Kier alpha value is -3.06. The lowest BCUT2D eigenvalue weighted by atomic mass is 10.2. The maximum atomic E-state index is 11.9. The van der Waals surface area contributed by atoms with Crippen LogP contribution in [0.15, 0.2) is 56.9 Å². The van der Waals surface area contributed by atoms with Crippen molar-refractivity contribution in [3.63, 3.8) is 0 Å². The highest BCUT2D eigenvalue weighted by Gasteiger charge is 2.20. The third-order valence-electron chi connectivity index (χ3n) is 5.93. The summed E-state index contributed by atoms with van der Waals surface area (Å²) in [5.74, 6) is 2.10. The van der Waals surface area contributed by atoms with Gasteiger partial charge in [0.25, 0.3) is 0 Å². The fourth-order valence-electron chi connectivity index (χ4n) is 3.88. The molecule has 1 aromatic heterocycles. The monoisotopic (exact) mass is 602 g/mol. The molecule has 1 aliphatic heterocycles. The van der Waals surface area contributed by atoms with Crippen LogP contribution >= 0.6 is 27.7 Å². The predicted octanol–water partition coefficient (Wildman–Crippen LogP) is 3.64. The molecule has 1 aliphatic rings. The second kappa shape index (κ2) is 13.1. The summed E-state index contributed by atoms with van der Waals surface area (Å²) >= 11 is 4.95. The van der Waals surface area contributed by atoms with Gasteiger partial charge >= 0.3 is 0 Å². The molecule has 1 fully saturated rings. The van der Waals surface area contributed by atoms with E-state index in [0.29, 0.717) is 29.0 Å². The van der Waals surface area contributed by atoms with Gasteiger partial charge in [0.1, 0.15) is 18.1 Å². The number of ether oxygens (including phenoxy) is 3. The van der Waals surface area contributed by atoms with Gasteiger partial charge in [-0.05, 0) is 41.2 Å². The first-order chi connectivity index (χ1) is 18.4. The van der Waals surface area contributed by atoms with Gasteiger partial charge in [0.2, 0.25) is 17.7 Å². The molecule has 10 nitrogen and oxygen atoms in total. The number of carbonyl (C=O) groups is 1. The van der Waals surface area contributed by atoms with Crippen LogP contribution in [0.1, 0.15) is 5.56 Å². The Morgan fingerprint density at radius 3 is 2.66 bits per heavy atom. The lowest BCUT2D eigenvalue weighted by Crippen LogP contribution is -2.45. The number of anilines is 2. The SMILES string of the molecule is COc1cc(NC(=O)CN)cc(Sc2cnc(N3CCN(C)CC3)nc2OCc2cccc(Br)c2OC)c1. The number of carbonyl (C=O) groups excluding carboxylic acids is 1. The van der Waals surface area contributed by atoms with Crippen LogP contribution in [-0.2, 0) is 11.4 Å². The number of benzene rings is 2. The largest absolute Gasteiger partial charge is 0.497 e. The maximum absolute atomic E-state index is 11.9. The lowest BCUT2D eigenvalue weighted by molar-refractivity contribution is -0.114. The van der Waals surface area contributed by atoms with Gasteiger partial charge in [0.05, 0.1) is 36.3 Å². The van der Waals surface area contributed by atoms with Crippen molar-refractivity contribution in [1.82, 2.24) is 14.9 Å². The first-order valence-electron chi connectivity index (χ1n) is 12.0. The number of para-hydroxylation sites is 1. The Balaban J connectivity index is 1.65. The number of aromatic nitrogens is 2. The Labute approximate surface area is 235 Å². The number of halogens is 1. The van der Waals surface area contributed by atoms with E-state index in [4.69, 9.17) is 24.9 Å². The minimum absolute atomic E-state index is 0.113. The fraction of sp³-hybridized carbons (Fsp3) is 0.346. The maximum Gasteiger partial charge on any atom is 0.238 e. The van der Waals surface area contributed by atoms with Crippen LogP contribution in [0.3, 0.4) is 0 Å². The Kier molecular flexibility index (Phi) is 9.67. The highest BCUT2D eigenvalue weighted by molar-refractivity contribution is 9.10. The van der Waals surface area contributed by atoms with Crippen LogP contribution in [0.25, 0.3) is 0 Å². The van der Waals surface area contributed by atoms with Gasteiger partial charge in [0, 0.05) is 48.4 Å². The van der Waals surface area contributed by atoms with Crippen molar-refractivity contribution in [3.05, 3.63) is 52.6 Å². The van der Waals surface area contributed by atoms with Crippen molar-refractivity contribution < 1.29 is 19.0 Å². The third kappa shape index (κ3) is 7.07. The molecule has 0 radical (unpaired) electrons. The van der Waals surface area contributed by atoms with Crippen molar-refractivity contribution in [1.29, 1.82) is 0 Å². The van der Waals surface area contributed by atoms with Gasteiger partial charge in [-0.2, -0.15) is 4.98 Å². The van der Waals surface area contributed by atoms with Gasteiger partial charge in [0.15, 0.2) is 0 Å². The summed E-state index contributed by atoms with van der Waals surface area (Å²) in [4.78, 5) is 27.3. The van der Waals surface area contributed by atoms with Crippen molar-refractivity contribution >= 4 is 45.2 Å². The molecular formula is C26H31BrN6O4S. The molecule has 12 heteroatoms. The average molecular weight is 604 g/mol. The molecule has 38 heavy (non-hydrogen) atoms. The smallest absolute Gasteiger partial charge is 0.238 e. The van der Waals surface area contributed by atoms with Crippen LogP contribution in [-0.4, -0.2) is 74.8 Å². The Morgan fingerprint density at radius 1 is 1.16 bits per heavy atom. The van der Waals surface area contributed by atoms with Crippen LogP contribution in [0.4, 0.5) is 11.6 Å². The number of methoxy groups -OCH3 is 2. The fourth-order valence-corrected chi connectivity index (χ4v) is 5.36. The highest BCUT2D eigenvalue weighted by Crippen LogP contribution is 2.38. The lowest BCUT2D eigenvalue weighted by Gasteiger charge is -2.32. The number of nitrogens with two attached hydrogens (primary N) is 1. The zero-order chi connectivity index (χ0) is 27.1. The number of rotatable bonds is 10. The van der Waals surface area contributed by atoms with Gasteiger partial charge in [-0.25, -0.2) is 4.98 Å². The summed E-state index contributed by atoms with van der Waals surface area (Å²) in [6.45, 7) is 3.69. The summed E-state index contributed by atoms with van der Waals surface area (Å²) in [6, 6.07) is 11.3. The molecule has 0 aliphatic carbocycles. The molecule has 202 valence electrons. The van der Waals surface area contributed by atoms with E-state index in [1.54, 1.807) is 26.5 Å². The second-order valence-electron chi connectivity index (χ2n) is 8.60. The molecule has 2 heterocycles. The summed E-state index contributed by atoms with van der Waals surface area (Å²) in [5, 5.41) is 2.78. The number of amides is 1. The standard InChI is InChI=1S/C26H31BrN6O4S/c1-32-7-9-33(10-8-32)26-29-15-22(25(31-26)37-16-17-5-4-6-21(27)24(17)36-3)38-20-12-18(30-23(34)14-28)11-19(13-20)35-2/h4-6,11-13,15H,7-10,14,16,28H2,1-3H3,(H,30,34). The van der Waals surface area contributed by atoms with Crippen molar-refractivity contribution in [2.75, 3.05) is 64.2 Å². The third-order valence-corrected chi connectivity index (χ3v) is 7.52. The number of hydrogen-bond acceptors (Lipinski definition) is 10. The van der Waals surface area contributed by atoms with E-state index in [1.165, 1.54) is 11.8 Å². The predicted molar refractivity (Wildman–Crippen MR) is 152 cm³/mol. The van der Waals surface area contributed by atoms with Crippen molar-refractivity contribution in [3.8, 4) is 17.4 Å². The molecule has 0 spiro atoms. The number of nitrogens with one attached hydrogen (secondary N) is 1. The molecule has 1 amide bonds. The van der Waals surface area contributed by atoms with Gasteiger partial charge in [-0.3, -0.25) is 4.79 Å². The second-order valence-corrected chi connectivity index (χ2v) is 10.6. The summed E-state index contributed by atoms with van der Waals surface area (Å²) in [5.41, 5.74) is 6.93. The molecule has 0 atom stereocenters. The molecule has 3 N–H and O–H groups in total. The van der Waals surface area contributed by atoms with Gasteiger partial charge < -0.3 is 35.1 Å². The van der Waals surface area contributed by atoms with E-state index < -0.39 is 0 Å². The normalized spacial score (nSPS) is 13.8. The van der Waals surface area contributed by atoms with E-state index in [9.17, 15) is 4.79 Å². The molecule has 3 aromatic rings. The minimum Gasteiger partial charge on any atom is -0.497 e. The van der Waals surface area contributed by atoms with Crippen LogP contribution in [0.5, 0.6) is 17.4 Å². The van der Waals surface area contributed by atoms with E-state index in [-0.39, 0.29) is 19.1 Å². The van der Waals surface area contributed by atoms with Crippen molar-refractivity contribution in [2.24, 2.45) is 5.73 Å². The Morgan fingerprint density at radius 2 is 1.95 bits per heavy atom. The molecule has 2 aromatic carbocycles. The van der Waals surface area contributed by atoms with E-state index >= 15 is 0 Å². The summed E-state index contributed by atoms with van der Waals surface area (Å²) < 4.78 is 18.1. The summed E-state index contributed by atoms with van der Waals surface area (Å²) in [7, 11) is 5.31. The van der Waals surface area contributed by atoms with E-state index in [2.05, 4.69) is 43.1 Å². The van der Waals surface area contributed by atoms with E-state index in [0.717, 1.165) is 46.0 Å². The average Bonchev–Trinajstić information content (AvgIpc) is 2.92. The molecule has 0 unspecified atom stereocenters. The molecule has 0 bridgehead atoms. The number of hydrogen-bond donors (Lipinski definition) is 2. The van der Waals surface area contributed by atoms with Crippen LogP contribution in [0.2, 0.25) is 0 Å². The van der Waals surface area contributed by atoms with Crippen molar-refractivity contribution in [2.45, 2.75) is 16.4 Å². The zero-order valence-corrected chi connectivity index (χ0v) is 24.0. The molecule has 4 rings (SSSR count). The topological polar surface area (TPSA) is 115 Å². The first kappa shape index (κ1) is 28.0. The summed E-state index contributed by atoms with van der Waals surface area (Å²) in [6.07, 6.45) is 1.77. The van der Waals surface area contributed by atoms with Gasteiger partial charge in [-0.1, -0.05) is 23.9 Å². The number of nitrogens with zero attached hydrogens (tertiary/aromatic N) is 4. The van der Waals surface area contributed by atoms with Crippen LogP contribution < -0.4 is 30.2 Å². The number of piperazine rings is 1. The number of likely N-dealkylation sites (N-methyl/N-ethyl adjacent to an activating group) is 1. The molecular weight excluding hydrogens is 572 g/mol. The van der Waals surface area contributed by atoms with Gasteiger partial charge in [-0.15, -0.1) is 0 Å². The quantitative estimate of drug-likeness (QED) is 0.356. The highest BCUT2D eigenvalue weighted by atomic mass is 79.9. The molecule has 1 saturated heterocycles.